The Morgan fingerprint density at radius 1 is 1.14 bits per heavy atom. The number of nitriles is 1. The summed E-state index contributed by atoms with van der Waals surface area (Å²) in [5.74, 6) is 3.58. The first-order chi connectivity index (χ1) is 14.1. The third-order valence-corrected chi connectivity index (χ3v) is 6.17. The van der Waals surface area contributed by atoms with Gasteiger partial charge in [-0.3, -0.25) is 9.69 Å². The van der Waals surface area contributed by atoms with E-state index in [0.29, 0.717) is 24.3 Å². The highest BCUT2D eigenvalue weighted by molar-refractivity contribution is 5.76. The predicted octanol–water partition coefficient (Wildman–Crippen LogP) is 3.94. The average molecular weight is 392 g/mol. The van der Waals surface area contributed by atoms with Gasteiger partial charge in [-0.1, -0.05) is 19.1 Å². The first-order valence-electron chi connectivity index (χ1n) is 10.7. The maximum Gasteiger partial charge on any atom is 0.223 e. The molecular formula is C24H29N3O2. The number of nitrogens with zero attached hydrogens (tertiary/aromatic N) is 3. The number of benzene rings is 1. The van der Waals surface area contributed by atoms with Crippen LogP contribution in [0.4, 0.5) is 0 Å². The van der Waals surface area contributed by atoms with Gasteiger partial charge in [0.05, 0.1) is 11.6 Å². The molecule has 4 rings (SSSR count). The van der Waals surface area contributed by atoms with E-state index < -0.39 is 0 Å². The molecule has 2 unspecified atom stereocenters. The minimum absolute atomic E-state index is 0.225. The minimum atomic E-state index is 0.225. The van der Waals surface area contributed by atoms with Crippen LogP contribution < -0.4 is 0 Å². The second kappa shape index (κ2) is 8.84. The van der Waals surface area contributed by atoms with E-state index in [0.717, 1.165) is 56.6 Å². The third kappa shape index (κ3) is 5.07. The van der Waals surface area contributed by atoms with Crippen LogP contribution in [-0.4, -0.2) is 41.9 Å². The molecule has 0 N–H and O–H groups in total. The molecule has 1 aromatic heterocycles. The Morgan fingerprint density at radius 2 is 1.93 bits per heavy atom. The number of amides is 1. The molecule has 1 aliphatic carbocycles. The smallest absolute Gasteiger partial charge is 0.223 e. The summed E-state index contributed by atoms with van der Waals surface area (Å²) in [6.07, 6.45) is 3.42. The van der Waals surface area contributed by atoms with Crippen LogP contribution in [0.5, 0.6) is 0 Å². The molecule has 2 fully saturated rings. The highest BCUT2D eigenvalue weighted by Gasteiger charge is 2.36. The van der Waals surface area contributed by atoms with E-state index >= 15 is 0 Å². The van der Waals surface area contributed by atoms with E-state index in [1.54, 1.807) is 0 Å². The van der Waals surface area contributed by atoms with Gasteiger partial charge in [0.1, 0.15) is 11.5 Å². The van der Waals surface area contributed by atoms with Crippen molar-refractivity contribution in [1.82, 2.24) is 9.80 Å². The van der Waals surface area contributed by atoms with Crippen molar-refractivity contribution in [3.8, 4) is 6.07 Å². The summed E-state index contributed by atoms with van der Waals surface area (Å²) < 4.78 is 5.94. The minimum Gasteiger partial charge on any atom is -0.466 e. The lowest BCUT2D eigenvalue weighted by Gasteiger charge is -2.22. The van der Waals surface area contributed by atoms with Crippen LogP contribution in [-0.2, 0) is 17.8 Å². The summed E-state index contributed by atoms with van der Waals surface area (Å²) in [4.78, 5) is 17.1. The van der Waals surface area contributed by atoms with E-state index in [-0.39, 0.29) is 5.91 Å². The second-order valence-corrected chi connectivity index (χ2v) is 8.44. The van der Waals surface area contributed by atoms with Crippen LogP contribution in [0.25, 0.3) is 0 Å². The van der Waals surface area contributed by atoms with Crippen molar-refractivity contribution >= 4 is 5.91 Å². The van der Waals surface area contributed by atoms with Crippen molar-refractivity contribution in [3.05, 3.63) is 59.0 Å². The van der Waals surface area contributed by atoms with E-state index in [2.05, 4.69) is 24.0 Å². The standard InChI is InChI=1S/C24H29N3O2/c1-18-15-22(18)23-9-7-21(29-23)8-10-24(28)27-12-2-11-26(13-14-27)17-20-5-3-19(16-25)4-6-20/h3-7,9,18,22H,2,8,10-15,17H2,1H3. The Hall–Kier alpha value is -2.58. The van der Waals surface area contributed by atoms with E-state index in [1.165, 1.54) is 12.0 Å². The molecule has 152 valence electrons. The Kier molecular flexibility index (Phi) is 6.01. The van der Waals surface area contributed by atoms with Crippen molar-refractivity contribution in [2.45, 2.75) is 45.1 Å². The van der Waals surface area contributed by atoms with E-state index in [4.69, 9.17) is 9.68 Å². The normalized spacial score (nSPS) is 22.1. The highest BCUT2D eigenvalue weighted by atomic mass is 16.3. The third-order valence-electron chi connectivity index (χ3n) is 6.17. The van der Waals surface area contributed by atoms with Crippen LogP contribution >= 0.6 is 0 Å². The Bertz CT molecular complexity index is 880. The average Bonchev–Trinajstić information content (AvgIpc) is 3.36. The molecule has 2 aliphatic rings. The van der Waals surface area contributed by atoms with Gasteiger partial charge in [-0.15, -0.1) is 0 Å². The van der Waals surface area contributed by atoms with Crippen LogP contribution in [0, 0.1) is 17.2 Å². The SMILES string of the molecule is CC1CC1c1ccc(CCC(=O)N2CCCN(Cc3ccc(C#N)cc3)CC2)o1. The fourth-order valence-electron chi connectivity index (χ4n) is 4.16. The summed E-state index contributed by atoms with van der Waals surface area (Å²) in [5, 5.41) is 8.92. The van der Waals surface area contributed by atoms with Crippen LogP contribution in [0.2, 0.25) is 0 Å². The molecule has 0 spiro atoms. The van der Waals surface area contributed by atoms with Gasteiger partial charge >= 0.3 is 0 Å². The summed E-state index contributed by atoms with van der Waals surface area (Å²) in [6.45, 7) is 6.59. The van der Waals surface area contributed by atoms with Crippen molar-refractivity contribution in [2.75, 3.05) is 26.2 Å². The molecular weight excluding hydrogens is 362 g/mol. The number of hydrogen-bond donors (Lipinski definition) is 0. The molecule has 5 heteroatoms. The lowest BCUT2D eigenvalue weighted by molar-refractivity contribution is -0.131. The van der Waals surface area contributed by atoms with Gasteiger partial charge in [0.2, 0.25) is 5.91 Å². The van der Waals surface area contributed by atoms with Gasteiger partial charge in [-0.25, -0.2) is 0 Å². The summed E-state index contributed by atoms with van der Waals surface area (Å²) >= 11 is 0. The van der Waals surface area contributed by atoms with Crippen LogP contribution in [0.3, 0.4) is 0 Å². The Balaban J connectivity index is 1.23. The number of rotatable bonds is 6. The second-order valence-electron chi connectivity index (χ2n) is 8.44. The van der Waals surface area contributed by atoms with Crippen LogP contribution in [0.1, 0.15) is 54.8 Å². The number of carbonyl (C=O) groups is 1. The summed E-state index contributed by atoms with van der Waals surface area (Å²) in [7, 11) is 0. The molecule has 2 aromatic rings. The van der Waals surface area contributed by atoms with E-state index in [1.807, 2.05) is 35.2 Å². The van der Waals surface area contributed by atoms with Crippen molar-refractivity contribution in [1.29, 1.82) is 5.26 Å². The van der Waals surface area contributed by atoms with Gasteiger partial charge < -0.3 is 9.32 Å². The zero-order valence-corrected chi connectivity index (χ0v) is 17.1. The Morgan fingerprint density at radius 3 is 2.66 bits per heavy atom. The molecule has 1 aromatic carbocycles. The van der Waals surface area contributed by atoms with Crippen molar-refractivity contribution in [2.24, 2.45) is 5.92 Å². The number of furan rings is 1. The van der Waals surface area contributed by atoms with Gasteiger partial charge in [-0.05, 0) is 48.6 Å². The Labute approximate surface area is 172 Å². The van der Waals surface area contributed by atoms with Gasteiger partial charge in [-0.2, -0.15) is 5.26 Å². The van der Waals surface area contributed by atoms with Crippen molar-refractivity contribution < 1.29 is 9.21 Å². The topological polar surface area (TPSA) is 60.5 Å². The zero-order valence-electron chi connectivity index (χ0n) is 17.1. The summed E-state index contributed by atoms with van der Waals surface area (Å²) in [5.41, 5.74) is 1.90. The molecule has 1 saturated carbocycles. The van der Waals surface area contributed by atoms with Gasteiger partial charge in [0, 0.05) is 51.5 Å². The molecule has 29 heavy (non-hydrogen) atoms. The number of aryl methyl sites for hydroxylation is 1. The molecule has 5 nitrogen and oxygen atoms in total. The van der Waals surface area contributed by atoms with E-state index in [9.17, 15) is 4.79 Å². The predicted molar refractivity (Wildman–Crippen MR) is 111 cm³/mol. The fraction of sp³-hybridized carbons (Fsp3) is 0.500. The lowest BCUT2D eigenvalue weighted by Crippen LogP contribution is -2.35. The highest BCUT2D eigenvalue weighted by Crippen LogP contribution is 2.47. The molecule has 1 aliphatic heterocycles. The first-order valence-corrected chi connectivity index (χ1v) is 10.7. The van der Waals surface area contributed by atoms with Crippen LogP contribution in [0.15, 0.2) is 40.8 Å². The molecule has 0 radical (unpaired) electrons. The quantitative estimate of drug-likeness (QED) is 0.748. The first kappa shape index (κ1) is 19.7. The maximum absolute atomic E-state index is 12.7. The monoisotopic (exact) mass is 391 g/mol. The number of carbonyl (C=O) groups excluding carboxylic acids is 1. The summed E-state index contributed by atoms with van der Waals surface area (Å²) in [6, 6.07) is 14.1. The van der Waals surface area contributed by atoms with Gasteiger partial charge in [0.15, 0.2) is 0 Å². The molecule has 0 bridgehead atoms. The molecule has 1 amide bonds. The largest absolute Gasteiger partial charge is 0.466 e. The maximum atomic E-state index is 12.7. The molecule has 1 saturated heterocycles. The fourth-order valence-corrected chi connectivity index (χ4v) is 4.16. The van der Waals surface area contributed by atoms with Gasteiger partial charge in [0.25, 0.3) is 0 Å². The molecule has 2 heterocycles. The lowest BCUT2D eigenvalue weighted by atomic mass is 10.1. The number of hydrogen-bond acceptors (Lipinski definition) is 4. The van der Waals surface area contributed by atoms with Crippen molar-refractivity contribution in [3.63, 3.8) is 0 Å². The molecule has 2 atom stereocenters. The zero-order chi connectivity index (χ0) is 20.2.